The molecule has 1 atom stereocenters. The molecular formula is C12H21NO5. The number of aliphatic carboxylic acids is 1. The molecular weight excluding hydrogens is 238 g/mol. The van der Waals surface area contributed by atoms with Crippen molar-refractivity contribution in [2.45, 2.75) is 46.1 Å². The number of carboxylic acids is 1. The van der Waals surface area contributed by atoms with Crippen molar-refractivity contribution < 1.29 is 24.2 Å². The lowest BCUT2D eigenvalue weighted by Gasteiger charge is -2.26. The lowest BCUT2D eigenvalue weighted by Crippen LogP contribution is -2.43. The Morgan fingerprint density at radius 2 is 1.78 bits per heavy atom. The van der Waals surface area contributed by atoms with E-state index < -0.39 is 29.3 Å². The summed E-state index contributed by atoms with van der Waals surface area (Å²) in [6, 6.07) is -0.775. The maximum absolute atomic E-state index is 11.7. The second-order valence-corrected chi connectivity index (χ2v) is 4.28. The molecule has 0 aliphatic carbocycles. The molecule has 6 nitrogen and oxygen atoms in total. The molecule has 18 heavy (non-hydrogen) atoms. The van der Waals surface area contributed by atoms with E-state index in [0.29, 0.717) is 12.8 Å². The zero-order valence-electron chi connectivity index (χ0n) is 11.3. The van der Waals surface area contributed by atoms with Crippen LogP contribution in [-0.4, -0.2) is 36.1 Å². The van der Waals surface area contributed by atoms with Crippen molar-refractivity contribution in [3.8, 4) is 0 Å². The van der Waals surface area contributed by atoms with Gasteiger partial charge in [0, 0.05) is 6.42 Å². The van der Waals surface area contributed by atoms with Crippen LogP contribution in [0.15, 0.2) is 0 Å². The fourth-order valence-corrected chi connectivity index (χ4v) is 1.71. The SMILES string of the molecule is CCC(CC)(CC(=O)N[C@@H](C)C(=O)OC)C(=O)O. The number of rotatable bonds is 7. The Hall–Kier alpha value is -1.59. The number of carbonyl (C=O) groups is 3. The van der Waals surface area contributed by atoms with E-state index in [2.05, 4.69) is 10.1 Å². The number of hydrogen-bond acceptors (Lipinski definition) is 4. The van der Waals surface area contributed by atoms with Gasteiger partial charge >= 0.3 is 11.9 Å². The third kappa shape index (κ3) is 4.01. The van der Waals surface area contributed by atoms with Crippen LogP contribution in [-0.2, 0) is 19.1 Å². The Labute approximate surface area is 107 Å². The van der Waals surface area contributed by atoms with Gasteiger partial charge in [-0.2, -0.15) is 0 Å². The lowest BCUT2D eigenvalue weighted by molar-refractivity contribution is -0.152. The molecule has 0 aromatic rings. The summed E-state index contributed by atoms with van der Waals surface area (Å²) in [7, 11) is 1.23. The van der Waals surface area contributed by atoms with Crippen molar-refractivity contribution in [3.05, 3.63) is 0 Å². The maximum Gasteiger partial charge on any atom is 0.328 e. The van der Waals surface area contributed by atoms with Gasteiger partial charge in [0.2, 0.25) is 5.91 Å². The van der Waals surface area contributed by atoms with Crippen molar-refractivity contribution in [2.75, 3.05) is 7.11 Å². The summed E-state index contributed by atoms with van der Waals surface area (Å²) in [5.74, 6) is -2.01. The van der Waals surface area contributed by atoms with E-state index in [9.17, 15) is 19.5 Å². The largest absolute Gasteiger partial charge is 0.481 e. The monoisotopic (exact) mass is 259 g/mol. The second-order valence-electron chi connectivity index (χ2n) is 4.28. The van der Waals surface area contributed by atoms with Gasteiger partial charge < -0.3 is 15.2 Å². The van der Waals surface area contributed by atoms with Gasteiger partial charge in [-0.15, -0.1) is 0 Å². The molecule has 6 heteroatoms. The summed E-state index contributed by atoms with van der Waals surface area (Å²) in [4.78, 5) is 34.1. The molecule has 0 aromatic heterocycles. The molecule has 104 valence electrons. The summed E-state index contributed by atoms with van der Waals surface area (Å²) in [6.07, 6.45) is 0.578. The summed E-state index contributed by atoms with van der Waals surface area (Å²) in [6.45, 7) is 4.95. The molecule has 0 fully saturated rings. The first-order chi connectivity index (χ1) is 8.32. The minimum absolute atomic E-state index is 0.142. The van der Waals surface area contributed by atoms with Crippen LogP contribution in [0, 0.1) is 5.41 Å². The molecule has 0 aromatic carbocycles. The number of ether oxygens (including phenoxy) is 1. The normalized spacial score (nSPS) is 12.7. The molecule has 0 saturated carbocycles. The smallest absolute Gasteiger partial charge is 0.328 e. The van der Waals surface area contributed by atoms with Crippen LogP contribution < -0.4 is 5.32 Å². The summed E-state index contributed by atoms with van der Waals surface area (Å²) < 4.78 is 4.47. The highest BCUT2D eigenvalue weighted by Crippen LogP contribution is 2.30. The van der Waals surface area contributed by atoms with Gasteiger partial charge in [-0.25, -0.2) is 4.79 Å². The predicted octanol–water partition coefficient (Wildman–Crippen LogP) is 0.945. The summed E-state index contributed by atoms with van der Waals surface area (Å²) >= 11 is 0. The first-order valence-electron chi connectivity index (χ1n) is 5.93. The Morgan fingerprint density at radius 3 is 2.11 bits per heavy atom. The van der Waals surface area contributed by atoms with E-state index in [0.717, 1.165) is 0 Å². The third-order valence-corrected chi connectivity index (χ3v) is 3.24. The Morgan fingerprint density at radius 1 is 1.28 bits per heavy atom. The number of esters is 1. The quantitative estimate of drug-likeness (QED) is 0.664. The molecule has 0 spiro atoms. The van der Waals surface area contributed by atoms with Gasteiger partial charge in [-0.05, 0) is 19.8 Å². The molecule has 0 saturated heterocycles. The molecule has 0 bridgehead atoms. The van der Waals surface area contributed by atoms with Crippen LogP contribution in [0.25, 0.3) is 0 Å². The molecule has 0 aliphatic heterocycles. The molecule has 0 rings (SSSR count). The van der Waals surface area contributed by atoms with Gasteiger partial charge in [0.25, 0.3) is 0 Å². The first-order valence-corrected chi connectivity index (χ1v) is 5.93. The van der Waals surface area contributed by atoms with E-state index >= 15 is 0 Å². The van der Waals surface area contributed by atoms with E-state index in [1.165, 1.54) is 14.0 Å². The Bertz CT molecular complexity index is 322. The van der Waals surface area contributed by atoms with Crippen LogP contribution in [0.4, 0.5) is 0 Å². The number of methoxy groups -OCH3 is 1. The highest BCUT2D eigenvalue weighted by atomic mass is 16.5. The van der Waals surface area contributed by atoms with Crippen molar-refractivity contribution >= 4 is 17.8 Å². The van der Waals surface area contributed by atoms with Crippen LogP contribution in [0.5, 0.6) is 0 Å². The minimum Gasteiger partial charge on any atom is -0.481 e. The van der Waals surface area contributed by atoms with Crippen molar-refractivity contribution in [1.29, 1.82) is 0 Å². The zero-order chi connectivity index (χ0) is 14.3. The predicted molar refractivity (Wildman–Crippen MR) is 64.9 cm³/mol. The molecule has 0 unspecified atom stereocenters. The van der Waals surface area contributed by atoms with Crippen molar-refractivity contribution in [2.24, 2.45) is 5.41 Å². The Kier molecular flexibility index (Phi) is 6.36. The van der Waals surface area contributed by atoms with Crippen LogP contribution in [0.2, 0.25) is 0 Å². The molecule has 0 radical (unpaired) electrons. The van der Waals surface area contributed by atoms with E-state index in [1.54, 1.807) is 13.8 Å². The Balaban J connectivity index is 4.63. The number of carbonyl (C=O) groups excluding carboxylic acids is 2. The molecule has 1 amide bonds. The molecule has 0 heterocycles. The van der Waals surface area contributed by atoms with Crippen LogP contribution in [0.1, 0.15) is 40.0 Å². The van der Waals surface area contributed by atoms with Crippen LogP contribution >= 0.6 is 0 Å². The van der Waals surface area contributed by atoms with Crippen molar-refractivity contribution in [1.82, 2.24) is 5.32 Å². The molecule has 0 aliphatic rings. The topological polar surface area (TPSA) is 92.7 Å². The standard InChI is InChI=1S/C12H21NO5/c1-5-12(6-2,11(16)17)7-9(14)13-8(3)10(15)18-4/h8H,5-7H2,1-4H3,(H,13,14)(H,16,17)/t8-/m0/s1. The third-order valence-electron chi connectivity index (χ3n) is 3.24. The first kappa shape index (κ1) is 16.4. The summed E-state index contributed by atoms with van der Waals surface area (Å²) in [5, 5.41) is 11.6. The van der Waals surface area contributed by atoms with Gasteiger partial charge in [0.15, 0.2) is 0 Å². The lowest BCUT2D eigenvalue weighted by atomic mass is 9.79. The van der Waals surface area contributed by atoms with Gasteiger partial charge in [-0.1, -0.05) is 13.8 Å². The highest BCUT2D eigenvalue weighted by Gasteiger charge is 2.37. The number of carboxylic acid groups (broad SMARTS) is 1. The van der Waals surface area contributed by atoms with Crippen LogP contribution in [0.3, 0.4) is 0 Å². The highest BCUT2D eigenvalue weighted by molar-refractivity contribution is 5.88. The fourth-order valence-electron chi connectivity index (χ4n) is 1.71. The van der Waals surface area contributed by atoms with E-state index in [-0.39, 0.29) is 6.42 Å². The van der Waals surface area contributed by atoms with E-state index in [1.807, 2.05) is 0 Å². The molecule has 2 N–H and O–H groups in total. The zero-order valence-corrected chi connectivity index (χ0v) is 11.3. The maximum atomic E-state index is 11.7. The van der Waals surface area contributed by atoms with E-state index in [4.69, 9.17) is 0 Å². The van der Waals surface area contributed by atoms with Crippen molar-refractivity contribution in [3.63, 3.8) is 0 Å². The number of amides is 1. The average Bonchev–Trinajstić information content (AvgIpc) is 2.34. The summed E-state index contributed by atoms with van der Waals surface area (Å²) in [5.41, 5.74) is -1.07. The second kappa shape index (κ2) is 6.98. The number of nitrogens with one attached hydrogen (secondary N) is 1. The minimum atomic E-state index is -1.07. The average molecular weight is 259 g/mol. The van der Waals surface area contributed by atoms with Gasteiger partial charge in [0.05, 0.1) is 12.5 Å². The number of hydrogen-bond donors (Lipinski definition) is 2. The van der Waals surface area contributed by atoms with Gasteiger partial charge in [-0.3, -0.25) is 9.59 Å². The van der Waals surface area contributed by atoms with Gasteiger partial charge in [0.1, 0.15) is 6.04 Å². The fraction of sp³-hybridized carbons (Fsp3) is 0.750.